The van der Waals surface area contributed by atoms with Crippen molar-refractivity contribution < 1.29 is 9.72 Å². The molecule has 2 N–H and O–H groups in total. The number of nitro benzene ring substituents is 1. The number of carbonyl (C=O) groups excluding carboxylic acids is 1. The van der Waals surface area contributed by atoms with Gasteiger partial charge in [-0.1, -0.05) is 0 Å². The lowest BCUT2D eigenvalue weighted by Crippen LogP contribution is -2.25. The van der Waals surface area contributed by atoms with Gasteiger partial charge < -0.3 is 10.6 Å². The lowest BCUT2D eigenvalue weighted by atomic mass is 10.2. The Bertz CT molecular complexity index is 518. The van der Waals surface area contributed by atoms with Crippen molar-refractivity contribution in [2.24, 2.45) is 0 Å². The monoisotopic (exact) mass is 389 g/mol. The zero-order chi connectivity index (χ0) is 14.5. The summed E-state index contributed by atoms with van der Waals surface area (Å²) >= 11 is 2.06. The Kier molecular flexibility index (Phi) is 5.16. The number of hydrogen-bond acceptors (Lipinski definition) is 4. The summed E-state index contributed by atoms with van der Waals surface area (Å²) in [7, 11) is 0. The zero-order valence-electron chi connectivity index (χ0n) is 10.9. The third-order valence-electron chi connectivity index (χ3n) is 3.00. The fourth-order valence-electron chi connectivity index (χ4n) is 1.76. The minimum atomic E-state index is -0.409. The van der Waals surface area contributed by atoms with Crippen LogP contribution >= 0.6 is 22.6 Å². The first-order valence-corrected chi connectivity index (χ1v) is 7.61. The molecule has 0 spiro atoms. The second-order valence-corrected chi connectivity index (χ2v) is 5.96. The first-order valence-electron chi connectivity index (χ1n) is 6.53. The van der Waals surface area contributed by atoms with Gasteiger partial charge in [-0.3, -0.25) is 14.9 Å². The summed E-state index contributed by atoms with van der Waals surface area (Å²) < 4.78 is 0.805. The highest BCUT2D eigenvalue weighted by atomic mass is 127. The quantitative estimate of drug-likeness (QED) is 0.325. The average Bonchev–Trinajstić information content (AvgIpc) is 3.19. The molecule has 1 aliphatic rings. The van der Waals surface area contributed by atoms with E-state index >= 15 is 0 Å². The third-order valence-corrected chi connectivity index (χ3v) is 3.89. The molecule has 1 aromatic rings. The fourth-order valence-corrected chi connectivity index (χ4v) is 2.45. The summed E-state index contributed by atoms with van der Waals surface area (Å²) in [6.07, 6.45) is 3.45. The van der Waals surface area contributed by atoms with E-state index in [1.165, 1.54) is 12.1 Å². The molecule has 1 aromatic carbocycles. The minimum Gasteiger partial charge on any atom is -0.384 e. The van der Waals surface area contributed by atoms with Crippen molar-refractivity contribution >= 4 is 39.9 Å². The highest BCUT2D eigenvalue weighted by Crippen LogP contribution is 2.23. The van der Waals surface area contributed by atoms with Gasteiger partial charge in [-0.05, 0) is 47.9 Å². The van der Waals surface area contributed by atoms with E-state index < -0.39 is 4.92 Å². The van der Waals surface area contributed by atoms with Crippen LogP contribution in [0.1, 0.15) is 25.7 Å². The third kappa shape index (κ3) is 4.62. The van der Waals surface area contributed by atoms with Crippen LogP contribution in [0, 0.1) is 13.7 Å². The van der Waals surface area contributed by atoms with Crippen molar-refractivity contribution in [1.82, 2.24) is 5.32 Å². The summed E-state index contributed by atoms with van der Waals surface area (Å²) in [4.78, 5) is 21.7. The van der Waals surface area contributed by atoms with Crippen LogP contribution in [0.2, 0.25) is 0 Å². The number of benzene rings is 1. The van der Waals surface area contributed by atoms with Crippen molar-refractivity contribution in [2.45, 2.75) is 31.7 Å². The predicted molar refractivity (Wildman–Crippen MR) is 84.7 cm³/mol. The molecule has 0 atom stereocenters. The van der Waals surface area contributed by atoms with Crippen molar-refractivity contribution in [2.75, 3.05) is 11.9 Å². The highest BCUT2D eigenvalue weighted by molar-refractivity contribution is 14.1. The van der Waals surface area contributed by atoms with Crippen LogP contribution in [0.25, 0.3) is 0 Å². The summed E-state index contributed by atoms with van der Waals surface area (Å²) in [5, 5.41) is 16.8. The normalized spacial score (nSPS) is 13.8. The van der Waals surface area contributed by atoms with E-state index in [9.17, 15) is 14.9 Å². The van der Waals surface area contributed by atoms with Crippen LogP contribution < -0.4 is 10.6 Å². The molecule has 0 bridgehead atoms. The maximum Gasteiger partial charge on any atom is 0.270 e. The molecule has 0 heterocycles. The minimum absolute atomic E-state index is 0.0868. The van der Waals surface area contributed by atoms with Gasteiger partial charge in [0.05, 0.1) is 4.92 Å². The topological polar surface area (TPSA) is 84.3 Å². The van der Waals surface area contributed by atoms with Gasteiger partial charge in [0.2, 0.25) is 5.91 Å². The average molecular weight is 389 g/mol. The van der Waals surface area contributed by atoms with Gasteiger partial charge in [-0.2, -0.15) is 0 Å². The molecule has 2 rings (SSSR count). The number of nitrogens with one attached hydrogen (secondary N) is 2. The van der Waals surface area contributed by atoms with Crippen molar-refractivity contribution in [1.29, 1.82) is 0 Å². The molecule has 1 amide bonds. The Morgan fingerprint density at radius 1 is 1.45 bits per heavy atom. The summed E-state index contributed by atoms with van der Waals surface area (Å²) in [5.74, 6) is 0.104. The molecular weight excluding hydrogens is 373 g/mol. The molecule has 108 valence electrons. The highest BCUT2D eigenvalue weighted by Gasteiger charge is 2.22. The number of non-ortho nitro benzene ring substituents is 1. The maximum absolute atomic E-state index is 11.5. The Balaban J connectivity index is 1.73. The number of hydrogen-bond donors (Lipinski definition) is 2. The molecule has 6 nitrogen and oxygen atoms in total. The lowest BCUT2D eigenvalue weighted by Gasteiger charge is -2.08. The Morgan fingerprint density at radius 3 is 2.80 bits per heavy atom. The molecule has 0 aromatic heterocycles. The van der Waals surface area contributed by atoms with E-state index in [2.05, 4.69) is 33.2 Å². The summed E-state index contributed by atoms with van der Waals surface area (Å²) in [5.41, 5.74) is 0.947. The van der Waals surface area contributed by atoms with E-state index in [1.54, 1.807) is 6.07 Å². The fraction of sp³-hybridized carbons (Fsp3) is 0.462. The molecule has 1 fully saturated rings. The van der Waals surface area contributed by atoms with Gasteiger partial charge in [-0.15, -0.1) is 0 Å². The van der Waals surface area contributed by atoms with Gasteiger partial charge in [0, 0.05) is 40.4 Å². The van der Waals surface area contributed by atoms with Gasteiger partial charge >= 0.3 is 0 Å². The number of carbonyl (C=O) groups is 1. The molecule has 0 saturated heterocycles. The van der Waals surface area contributed by atoms with Crippen molar-refractivity contribution in [3.8, 4) is 0 Å². The number of nitrogens with zero attached hydrogens (tertiary/aromatic N) is 1. The van der Waals surface area contributed by atoms with E-state index in [-0.39, 0.29) is 11.6 Å². The van der Waals surface area contributed by atoms with Crippen molar-refractivity contribution in [3.05, 3.63) is 31.9 Å². The van der Waals surface area contributed by atoms with Crippen LogP contribution in [0.15, 0.2) is 18.2 Å². The largest absolute Gasteiger partial charge is 0.384 e. The molecular formula is C13H16IN3O3. The van der Waals surface area contributed by atoms with Gasteiger partial charge in [0.15, 0.2) is 0 Å². The summed E-state index contributed by atoms with van der Waals surface area (Å²) in [6, 6.07) is 5.11. The Morgan fingerprint density at radius 2 is 2.20 bits per heavy atom. The molecule has 0 radical (unpaired) electrons. The molecule has 0 unspecified atom stereocenters. The first kappa shape index (κ1) is 15.0. The lowest BCUT2D eigenvalue weighted by molar-refractivity contribution is -0.384. The second-order valence-electron chi connectivity index (χ2n) is 4.79. The van der Waals surface area contributed by atoms with E-state index in [0.717, 1.165) is 28.5 Å². The standard InChI is InChI=1S/C13H16IN3O3/c14-11-8-10(17(19)20)5-6-12(11)15-7-1-2-13(18)16-9-3-4-9/h5-6,8-9,15H,1-4,7H2,(H,16,18). The SMILES string of the molecule is O=C(CCCNc1ccc([N+](=O)[O-])cc1I)NC1CC1. The summed E-state index contributed by atoms with van der Waals surface area (Å²) in [6.45, 7) is 0.673. The Hall–Kier alpha value is -1.38. The van der Waals surface area contributed by atoms with Crippen LogP contribution in [0.3, 0.4) is 0 Å². The van der Waals surface area contributed by atoms with Crippen LogP contribution in [-0.4, -0.2) is 23.4 Å². The van der Waals surface area contributed by atoms with Gasteiger partial charge in [-0.25, -0.2) is 0 Å². The van der Waals surface area contributed by atoms with Crippen LogP contribution in [-0.2, 0) is 4.79 Å². The van der Waals surface area contributed by atoms with Crippen LogP contribution in [0.4, 0.5) is 11.4 Å². The number of rotatable bonds is 7. The molecule has 1 saturated carbocycles. The maximum atomic E-state index is 11.5. The number of anilines is 1. The van der Waals surface area contributed by atoms with E-state index in [0.29, 0.717) is 19.0 Å². The molecule has 7 heteroatoms. The zero-order valence-corrected chi connectivity index (χ0v) is 13.1. The van der Waals surface area contributed by atoms with E-state index in [4.69, 9.17) is 0 Å². The van der Waals surface area contributed by atoms with Gasteiger partial charge in [0.25, 0.3) is 5.69 Å². The van der Waals surface area contributed by atoms with Gasteiger partial charge in [0.1, 0.15) is 0 Å². The number of nitro groups is 1. The number of amides is 1. The predicted octanol–water partition coefficient (Wildman–Crippen LogP) is 2.67. The smallest absolute Gasteiger partial charge is 0.270 e. The first-order chi connectivity index (χ1) is 9.56. The van der Waals surface area contributed by atoms with Crippen molar-refractivity contribution in [3.63, 3.8) is 0 Å². The molecule has 1 aliphatic carbocycles. The second kappa shape index (κ2) is 6.87. The molecule has 20 heavy (non-hydrogen) atoms. The Labute approximate surface area is 130 Å². The molecule has 0 aliphatic heterocycles. The van der Waals surface area contributed by atoms with E-state index in [1.807, 2.05) is 0 Å². The number of halogens is 1. The van der Waals surface area contributed by atoms with Crippen LogP contribution in [0.5, 0.6) is 0 Å².